The molecule has 10 heteroatoms. The third kappa shape index (κ3) is 3.99. The van der Waals surface area contributed by atoms with Crippen molar-refractivity contribution in [2.24, 2.45) is 5.73 Å². The lowest BCUT2D eigenvalue weighted by molar-refractivity contribution is -0.178. The van der Waals surface area contributed by atoms with Crippen LogP contribution in [0.15, 0.2) is 18.6 Å². The smallest absolute Gasteiger partial charge is 0.396 e. The molecule has 5 rings (SSSR count). The van der Waals surface area contributed by atoms with Crippen LogP contribution in [0.25, 0.3) is 5.65 Å². The second-order valence-electron chi connectivity index (χ2n) is 7.67. The number of aromatic nitrogens is 4. The number of ether oxygens (including phenoxy) is 3. The fourth-order valence-electron chi connectivity index (χ4n) is 4.04. The molecule has 0 bridgehead atoms. The molecule has 0 unspecified atom stereocenters. The van der Waals surface area contributed by atoms with Gasteiger partial charge in [0.2, 0.25) is 5.06 Å². The SMILES string of the molecule is Cc1cc2ncnn2cc1C#Cc1nc(C2CCC3(CC2)OCCO3)sc1OC(N)=O. The molecule has 2 aliphatic rings. The minimum Gasteiger partial charge on any atom is -0.396 e. The van der Waals surface area contributed by atoms with Crippen molar-refractivity contribution in [3.8, 4) is 16.9 Å². The highest BCUT2D eigenvalue weighted by atomic mass is 32.1. The van der Waals surface area contributed by atoms with Gasteiger partial charge in [-0.25, -0.2) is 19.3 Å². The third-order valence-corrected chi connectivity index (χ3v) is 6.75. The van der Waals surface area contributed by atoms with Crippen LogP contribution >= 0.6 is 11.3 Å². The topological polar surface area (TPSA) is 114 Å². The lowest BCUT2D eigenvalue weighted by Crippen LogP contribution is -2.34. The van der Waals surface area contributed by atoms with E-state index >= 15 is 0 Å². The number of pyridine rings is 1. The van der Waals surface area contributed by atoms with Crippen molar-refractivity contribution >= 4 is 23.1 Å². The Morgan fingerprint density at radius 2 is 2.10 bits per heavy atom. The van der Waals surface area contributed by atoms with Crippen LogP contribution < -0.4 is 10.5 Å². The zero-order chi connectivity index (χ0) is 21.4. The van der Waals surface area contributed by atoms with E-state index in [9.17, 15) is 4.79 Å². The maximum atomic E-state index is 11.4. The molecule has 3 aromatic rings. The molecule has 0 aromatic carbocycles. The first-order chi connectivity index (χ1) is 15.0. The molecular formula is C21H21N5O4S. The van der Waals surface area contributed by atoms with E-state index in [1.807, 2.05) is 19.2 Å². The zero-order valence-corrected chi connectivity index (χ0v) is 17.8. The molecule has 2 fully saturated rings. The van der Waals surface area contributed by atoms with Gasteiger partial charge in [-0.3, -0.25) is 0 Å². The van der Waals surface area contributed by atoms with Gasteiger partial charge in [0.25, 0.3) is 0 Å². The molecule has 4 heterocycles. The number of carbonyl (C=O) groups excluding carboxylic acids is 1. The minimum atomic E-state index is -0.881. The van der Waals surface area contributed by atoms with E-state index in [0.29, 0.717) is 24.0 Å². The molecule has 1 aliphatic carbocycles. The summed E-state index contributed by atoms with van der Waals surface area (Å²) in [4.78, 5) is 20.3. The molecule has 0 atom stereocenters. The van der Waals surface area contributed by atoms with Gasteiger partial charge in [0.1, 0.15) is 11.3 Å². The fourth-order valence-corrected chi connectivity index (χ4v) is 5.09. The van der Waals surface area contributed by atoms with Crippen LogP contribution in [0.2, 0.25) is 0 Å². The Hall–Kier alpha value is -3.00. The molecule has 1 saturated heterocycles. The number of hydrogen-bond acceptors (Lipinski definition) is 8. The number of thiazole rings is 1. The molecule has 1 saturated carbocycles. The Labute approximate surface area is 182 Å². The molecule has 1 aliphatic heterocycles. The predicted molar refractivity (Wildman–Crippen MR) is 112 cm³/mol. The van der Waals surface area contributed by atoms with Crippen LogP contribution in [-0.2, 0) is 9.47 Å². The second-order valence-corrected chi connectivity index (χ2v) is 8.67. The van der Waals surface area contributed by atoms with E-state index in [4.69, 9.17) is 24.9 Å². The molecular weight excluding hydrogens is 418 g/mol. The largest absolute Gasteiger partial charge is 0.410 e. The van der Waals surface area contributed by atoms with Crippen LogP contribution in [-0.4, -0.2) is 44.7 Å². The van der Waals surface area contributed by atoms with E-state index in [1.54, 1.807) is 4.52 Å². The summed E-state index contributed by atoms with van der Waals surface area (Å²) >= 11 is 1.32. The molecule has 0 radical (unpaired) electrons. The van der Waals surface area contributed by atoms with Crippen LogP contribution in [0, 0.1) is 18.8 Å². The van der Waals surface area contributed by atoms with Crippen molar-refractivity contribution in [1.82, 2.24) is 19.6 Å². The number of aryl methyl sites for hydroxylation is 1. The van der Waals surface area contributed by atoms with Crippen LogP contribution in [0.1, 0.15) is 53.4 Å². The maximum Gasteiger partial charge on any atom is 0.410 e. The number of nitrogens with two attached hydrogens (primary N) is 1. The highest BCUT2D eigenvalue weighted by Crippen LogP contribution is 2.44. The summed E-state index contributed by atoms with van der Waals surface area (Å²) in [7, 11) is 0. The van der Waals surface area contributed by atoms with Gasteiger partial charge in [0.15, 0.2) is 17.1 Å². The Kier molecular flexibility index (Phi) is 5.09. The van der Waals surface area contributed by atoms with Gasteiger partial charge in [0, 0.05) is 30.5 Å². The van der Waals surface area contributed by atoms with E-state index in [-0.39, 0.29) is 5.92 Å². The van der Waals surface area contributed by atoms with Gasteiger partial charge in [-0.05, 0) is 37.3 Å². The monoisotopic (exact) mass is 439 g/mol. The molecule has 31 heavy (non-hydrogen) atoms. The van der Waals surface area contributed by atoms with Crippen molar-refractivity contribution < 1.29 is 19.0 Å². The van der Waals surface area contributed by atoms with E-state index in [1.165, 1.54) is 17.7 Å². The van der Waals surface area contributed by atoms with Gasteiger partial charge < -0.3 is 19.9 Å². The maximum absolute atomic E-state index is 11.4. The number of carbonyl (C=O) groups is 1. The van der Waals surface area contributed by atoms with Crippen LogP contribution in [0.5, 0.6) is 5.06 Å². The normalized spacial score (nSPS) is 18.2. The standard InChI is InChI=1S/C21H21N5O4S/c1-13-10-17-23-12-24-26(17)11-15(13)2-3-16-19(30-20(22)27)31-18(25-16)14-4-6-21(7-5-14)28-8-9-29-21/h10-12,14H,4-9H2,1H3,(H2,22,27). The number of nitrogens with zero attached hydrogens (tertiary/aromatic N) is 4. The van der Waals surface area contributed by atoms with Gasteiger partial charge in [-0.15, -0.1) is 0 Å². The van der Waals surface area contributed by atoms with Crippen molar-refractivity contribution in [3.05, 3.63) is 40.4 Å². The van der Waals surface area contributed by atoms with Gasteiger partial charge >= 0.3 is 6.09 Å². The Morgan fingerprint density at radius 1 is 1.32 bits per heavy atom. The first-order valence-corrected chi connectivity index (χ1v) is 10.9. The first-order valence-electron chi connectivity index (χ1n) is 10.1. The van der Waals surface area contributed by atoms with Crippen LogP contribution in [0.3, 0.4) is 0 Å². The van der Waals surface area contributed by atoms with Crippen LogP contribution in [0.4, 0.5) is 4.79 Å². The highest BCUT2D eigenvalue weighted by molar-refractivity contribution is 7.13. The summed E-state index contributed by atoms with van der Waals surface area (Å²) in [5.41, 5.74) is 8.17. The summed E-state index contributed by atoms with van der Waals surface area (Å²) in [6.07, 6.45) is 5.84. The first kappa shape index (κ1) is 19.9. The molecule has 160 valence electrons. The summed E-state index contributed by atoms with van der Waals surface area (Å²) in [5, 5.41) is 5.35. The van der Waals surface area contributed by atoms with E-state index < -0.39 is 11.9 Å². The predicted octanol–water partition coefficient (Wildman–Crippen LogP) is 2.75. The van der Waals surface area contributed by atoms with Crippen molar-refractivity contribution in [2.75, 3.05) is 13.2 Å². The van der Waals surface area contributed by atoms with Gasteiger partial charge in [-0.2, -0.15) is 5.10 Å². The van der Waals surface area contributed by atoms with E-state index in [2.05, 4.69) is 21.9 Å². The number of hydrogen-bond donors (Lipinski definition) is 1. The summed E-state index contributed by atoms with van der Waals surface area (Å²) in [5.74, 6) is 5.97. The molecule has 9 nitrogen and oxygen atoms in total. The van der Waals surface area contributed by atoms with Crippen molar-refractivity contribution in [1.29, 1.82) is 0 Å². The number of primary amides is 1. The summed E-state index contributed by atoms with van der Waals surface area (Å²) in [6, 6.07) is 1.91. The Bertz CT molecular complexity index is 1190. The molecule has 1 amide bonds. The Balaban J connectivity index is 1.42. The fraction of sp³-hybridized carbons (Fsp3) is 0.429. The van der Waals surface area contributed by atoms with Gasteiger partial charge in [-0.1, -0.05) is 17.3 Å². The average molecular weight is 439 g/mol. The average Bonchev–Trinajstić information content (AvgIpc) is 3.47. The summed E-state index contributed by atoms with van der Waals surface area (Å²) in [6.45, 7) is 3.26. The molecule has 2 N–H and O–H groups in total. The van der Waals surface area contributed by atoms with E-state index in [0.717, 1.165) is 47.5 Å². The lowest BCUT2D eigenvalue weighted by atomic mass is 9.85. The Morgan fingerprint density at radius 3 is 2.84 bits per heavy atom. The number of amides is 1. The zero-order valence-electron chi connectivity index (χ0n) is 17.0. The summed E-state index contributed by atoms with van der Waals surface area (Å²) < 4.78 is 18.5. The third-order valence-electron chi connectivity index (χ3n) is 5.65. The quantitative estimate of drug-likeness (QED) is 0.611. The lowest BCUT2D eigenvalue weighted by Gasteiger charge is -2.34. The van der Waals surface area contributed by atoms with Gasteiger partial charge in [0.05, 0.1) is 13.2 Å². The van der Waals surface area contributed by atoms with Crippen molar-refractivity contribution in [2.45, 2.75) is 44.3 Å². The molecule has 1 spiro atoms. The second kappa shape index (κ2) is 7.92. The molecule has 3 aromatic heterocycles. The number of rotatable bonds is 2. The highest BCUT2D eigenvalue weighted by Gasteiger charge is 2.41. The van der Waals surface area contributed by atoms with Crippen molar-refractivity contribution in [3.63, 3.8) is 0 Å². The number of fused-ring (bicyclic) bond motifs is 1. The minimum absolute atomic E-state index is 0.238.